The van der Waals surface area contributed by atoms with Crippen molar-refractivity contribution in [2.45, 2.75) is 33.2 Å². The van der Waals surface area contributed by atoms with Gasteiger partial charge in [0.1, 0.15) is 5.75 Å². The number of rotatable bonds is 6. The van der Waals surface area contributed by atoms with Crippen molar-refractivity contribution in [2.75, 3.05) is 7.11 Å². The van der Waals surface area contributed by atoms with E-state index < -0.39 is 32.3 Å². The van der Waals surface area contributed by atoms with Gasteiger partial charge in [-0.05, 0) is 17.7 Å². The van der Waals surface area contributed by atoms with Gasteiger partial charge in [0.05, 0.1) is 12.7 Å². The molecule has 8 heteroatoms. The first-order valence-corrected chi connectivity index (χ1v) is 8.73. The third-order valence-corrected chi connectivity index (χ3v) is 6.11. The van der Waals surface area contributed by atoms with E-state index in [1.54, 1.807) is 31.2 Å². The SMILES string of the molecule is COc1ccc(C(C)[Si](OC(C)=O)(OC(C)=O)OC(C)=O)cc1. The number of carbonyl (C=O) groups is 3. The van der Waals surface area contributed by atoms with Crippen LogP contribution in [0.2, 0.25) is 0 Å². The molecule has 0 aromatic heterocycles. The molecular weight excluding hydrogens is 320 g/mol. The van der Waals surface area contributed by atoms with Crippen molar-refractivity contribution < 1.29 is 32.4 Å². The summed E-state index contributed by atoms with van der Waals surface area (Å²) in [5.74, 6) is -1.45. The maximum atomic E-state index is 11.5. The minimum Gasteiger partial charge on any atom is -0.497 e. The molecule has 1 atom stereocenters. The van der Waals surface area contributed by atoms with Gasteiger partial charge in [0.15, 0.2) is 0 Å². The molecule has 0 N–H and O–H groups in total. The summed E-state index contributed by atoms with van der Waals surface area (Å²) in [6.07, 6.45) is 0. The molecule has 0 heterocycles. The molecule has 0 spiro atoms. The van der Waals surface area contributed by atoms with Gasteiger partial charge in [-0.15, -0.1) is 0 Å². The maximum absolute atomic E-state index is 11.5. The zero-order valence-electron chi connectivity index (χ0n) is 13.7. The lowest BCUT2D eigenvalue weighted by atomic mass is 10.1. The van der Waals surface area contributed by atoms with E-state index in [2.05, 4.69) is 0 Å². The average Bonchev–Trinajstić information content (AvgIpc) is 2.44. The second-order valence-electron chi connectivity index (χ2n) is 4.88. The Morgan fingerprint density at radius 1 is 0.870 bits per heavy atom. The van der Waals surface area contributed by atoms with Crippen LogP contribution in [0.3, 0.4) is 0 Å². The van der Waals surface area contributed by atoms with Gasteiger partial charge in [-0.2, -0.15) is 0 Å². The summed E-state index contributed by atoms with van der Waals surface area (Å²) in [4.78, 5) is 34.4. The van der Waals surface area contributed by atoms with Gasteiger partial charge in [0.25, 0.3) is 17.9 Å². The lowest BCUT2D eigenvalue weighted by Crippen LogP contribution is -2.54. The summed E-state index contributed by atoms with van der Waals surface area (Å²) >= 11 is 0. The molecule has 0 aliphatic rings. The fourth-order valence-corrected chi connectivity index (χ4v) is 4.48. The minimum absolute atomic E-state index is 0.620. The van der Waals surface area contributed by atoms with Crippen LogP contribution in [-0.2, 0) is 27.7 Å². The van der Waals surface area contributed by atoms with Gasteiger partial charge in [-0.25, -0.2) is 0 Å². The summed E-state index contributed by atoms with van der Waals surface area (Å²) in [7, 11) is -2.41. The van der Waals surface area contributed by atoms with Crippen molar-refractivity contribution in [2.24, 2.45) is 0 Å². The summed E-state index contributed by atoms with van der Waals surface area (Å²) in [6.45, 7) is 5.16. The van der Waals surface area contributed by atoms with Crippen LogP contribution in [0.15, 0.2) is 24.3 Å². The second-order valence-corrected chi connectivity index (χ2v) is 7.56. The zero-order chi connectivity index (χ0) is 17.6. The standard InChI is InChI=1S/C15H20O7Si/c1-10(14-6-8-15(19-5)9-7-14)23(20-11(2)16,21-12(3)17)22-13(4)18/h6-10H,1-5H3. The molecule has 0 aliphatic heterocycles. The number of hydrogen-bond acceptors (Lipinski definition) is 7. The number of ether oxygens (including phenoxy) is 1. The highest BCUT2D eigenvalue weighted by Crippen LogP contribution is 2.31. The highest BCUT2D eigenvalue weighted by atomic mass is 28.4. The van der Waals surface area contributed by atoms with Crippen LogP contribution >= 0.6 is 0 Å². The first-order chi connectivity index (χ1) is 10.7. The van der Waals surface area contributed by atoms with Crippen molar-refractivity contribution in [3.63, 3.8) is 0 Å². The van der Waals surface area contributed by atoms with E-state index in [1.807, 2.05) is 0 Å². The first kappa shape index (κ1) is 18.7. The maximum Gasteiger partial charge on any atom is 0.712 e. The van der Waals surface area contributed by atoms with Crippen molar-refractivity contribution in [3.8, 4) is 5.75 Å². The molecule has 1 rings (SSSR count). The van der Waals surface area contributed by atoms with Gasteiger partial charge in [-0.1, -0.05) is 19.1 Å². The molecule has 0 fully saturated rings. The van der Waals surface area contributed by atoms with E-state index in [0.29, 0.717) is 11.3 Å². The van der Waals surface area contributed by atoms with E-state index in [1.165, 1.54) is 7.11 Å². The number of hydrogen-bond donors (Lipinski definition) is 0. The molecule has 0 amide bonds. The van der Waals surface area contributed by atoms with Crippen molar-refractivity contribution in [1.82, 2.24) is 0 Å². The van der Waals surface area contributed by atoms with Crippen molar-refractivity contribution >= 4 is 26.7 Å². The number of benzene rings is 1. The van der Waals surface area contributed by atoms with Gasteiger partial charge in [-0.3, -0.25) is 14.4 Å². The Kier molecular flexibility index (Phi) is 6.32. The van der Waals surface area contributed by atoms with Crippen LogP contribution in [-0.4, -0.2) is 33.8 Å². The van der Waals surface area contributed by atoms with Gasteiger partial charge >= 0.3 is 8.80 Å². The Balaban J connectivity index is 3.28. The average molecular weight is 340 g/mol. The topological polar surface area (TPSA) is 88.1 Å². The van der Waals surface area contributed by atoms with E-state index in [9.17, 15) is 14.4 Å². The van der Waals surface area contributed by atoms with Crippen LogP contribution in [0.1, 0.15) is 38.8 Å². The third kappa shape index (κ3) is 5.10. The predicted molar refractivity (Wildman–Crippen MR) is 82.5 cm³/mol. The summed E-state index contributed by atoms with van der Waals surface area (Å²) in [5, 5.41) is 0. The molecule has 0 radical (unpaired) electrons. The normalized spacial score (nSPS) is 12.0. The van der Waals surface area contributed by atoms with Crippen LogP contribution in [0.5, 0.6) is 5.75 Å². The van der Waals surface area contributed by atoms with Crippen LogP contribution in [0.25, 0.3) is 0 Å². The number of methoxy groups -OCH3 is 1. The Morgan fingerprint density at radius 2 is 1.26 bits per heavy atom. The predicted octanol–water partition coefficient (Wildman–Crippen LogP) is 1.97. The molecule has 0 saturated heterocycles. The summed E-state index contributed by atoms with van der Waals surface area (Å²) < 4.78 is 20.7. The largest absolute Gasteiger partial charge is 0.712 e. The van der Waals surface area contributed by atoms with E-state index in [0.717, 1.165) is 20.8 Å². The number of carbonyl (C=O) groups excluding carboxylic acids is 3. The van der Waals surface area contributed by atoms with E-state index in [-0.39, 0.29) is 0 Å². The first-order valence-electron chi connectivity index (χ1n) is 6.93. The Labute approximate surface area is 135 Å². The van der Waals surface area contributed by atoms with E-state index in [4.69, 9.17) is 18.0 Å². The smallest absolute Gasteiger partial charge is 0.497 e. The molecule has 0 saturated carbocycles. The Bertz CT molecular complexity index is 541. The third-order valence-electron chi connectivity index (χ3n) is 3.00. The van der Waals surface area contributed by atoms with Crippen molar-refractivity contribution in [3.05, 3.63) is 29.8 Å². The lowest BCUT2D eigenvalue weighted by Gasteiger charge is -2.31. The molecule has 23 heavy (non-hydrogen) atoms. The highest BCUT2D eigenvalue weighted by molar-refractivity contribution is 6.67. The molecule has 0 bridgehead atoms. The van der Waals surface area contributed by atoms with Crippen molar-refractivity contribution in [1.29, 1.82) is 0 Å². The molecule has 7 nitrogen and oxygen atoms in total. The monoisotopic (exact) mass is 340 g/mol. The Morgan fingerprint density at radius 3 is 1.57 bits per heavy atom. The van der Waals surface area contributed by atoms with Crippen LogP contribution in [0, 0.1) is 0 Å². The summed E-state index contributed by atoms with van der Waals surface area (Å²) in [5.41, 5.74) is 0.0614. The molecule has 1 unspecified atom stereocenters. The molecule has 1 aromatic carbocycles. The van der Waals surface area contributed by atoms with Gasteiger partial charge in [0.2, 0.25) is 0 Å². The second kappa shape index (κ2) is 7.77. The van der Waals surface area contributed by atoms with E-state index >= 15 is 0 Å². The molecule has 0 aliphatic carbocycles. The fraction of sp³-hybridized carbons (Fsp3) is 0.400. The lowest BCUT2D eigenvalue weighted by molar-refractivity contribution is -0.148. The van der Waals surface area contributed by atoms with Crippen LogP contribution < -0.4 is 4.74 Å². The highest BCUT2D eigenvalue weighted by Gasteiger charge is 2.58. The molecule has 1 aromatic rings. The van der Waals surface area contributed by atoms with Gasteiger partial charge in [0, 0.05) is 20.8 Å². The molecule has 126 valence electrons. The Hall–Kier alpha value is -2.35. The zero-order valence-corrected chi connectivity index (χ0v) is 14.7. The van der Waals surface area contributed by atoms with Crippen LogP contribution in [0.4, 0.5) is 0 Å². The minimum atomic E-state index is -3.95. The molecular formula is C15H20O7Si. The summed E-state index contributed by atoms with van der Waals surface area (Å²) in [6, 6.07) is 6.87. The van der Waals surface area contributed by atoms with Gasteiger partial charge < -0.3 is 18.0 Å². The quantitative estimate of drug-likeness (QED) is 0.731. The fourth-order valence-electron chi connectivity index (χ4n) is 2.03.